The highest BCUT2D eigenvalue weighted by Gasteiger charge is 2.29. The first kappa shape index (κ1) is 13.3. The molecule has 0 aliphatic rings. The van der Waals surface area contributed by atoms with E-state index in [1.807, 2.05) is 60.9 Å². The third kappa shape index (κ3) is 2.33. The summed E-state index contributed by atoms with van der Waals surface area (Å²) in [5.74, 6) is 0.680. The molecule has 0 aromatic heterocycles. The Hall–Kier alpha value is -1.18. The molecule has 0 saturated heterocycles. The lowest BCUT2D eigenvalue weighted by Crippen LogP contribution is -2.15. The summed E-state index contributed by atoms with van der Waals surface area (Å²) in [5.41, 5.74) is 0. The van der Waals surface area contributed by atoms with Crippen molar-refractivity contribution in [2.75, 3.05) is 13.4 Å². The van der Waals surface area contributed by atoms with Crippen LogP contribution in [0.1, 0.15) is 0 Å². The molecule has 2 aromatic rings. The molecule has 1 atom stereocenters. The number of hydrogen-bond acceptors (Lipinski definition) is 3. The molecule has 0 N–H and O–H groups in total. The first-order chi connectivity index (χ1) is 8.72. The second-order valence-electron chi connectivity index (χ2n) is 3.74. The van der Waals surface area contributed by atoms with Gasteiger partial charge in [0.2, 0.25) is 0 Å². The molecule has 0 heterocycles. The van der Waals surface area contributed by atoms with Crippen molar-refractivity contribution >= 4 is 28.3 Å². The van der Waals surface area contributed by atoms with E-state index in [0.717, 1.165) is 10.6 Å². The van der Waals surface area contributed by atoms with Crippen LogP contribution < -0.4 is 15.3 Å². The molecule has 2 aromatic carbocycles. The van der Waals surface area contributed by atoms with Crippen molar-refractivity contribution in [3.63, 3.8) is 0 Å². The van der Waals surface area contributed by atoms with Gasteiger partial charge in [-0.15, -0.1) is 0 Å². The average molecular weight is 278 g/mol. The average Bonchev–Trinajstić information content (AvgIpc) is 2.47. The number of ether oxygens (including phenoxy) is 1. The molecular formula is C14H15O2PS. The fourth-order valence-corrected chi connectivity index (χ4v) is 5.87. The van der Waals surface area contributed by atoms with E-state index in [-0.39, 0.29) is 0 Å². The quantitative estimate of drug-likeness (QED) is 0.803. The molecule has 0 amide bonds. The highest BCUT2D eigenvalue weighted by atomic mass is 32.7. The number of rotatable bonds is 4. The fraction of sp³-hybridized carbons (Fsp3) is 0.143. The van der Waals surface area contributed by atoms with Crippen LogP contribution in [0, 0.1) is 0 Å². The van der Waals surface area contributed by atoms with Crippen molar-refractivity contribution in [1.29, 1.82) is 0 Å². The zero-order chi connectivity index (χ0) is 13.0. The van der Waals surface area contributed by atoms with Gasteiger partial charge < -0.3 is 9.30 Å². The summed E-state index contributed by atoms with van der Waals surface area (Å²) in [6.07, 6.45) is -0.792. The van der Waals surface area contributed by atoms with E-state index in [1.165, 1.54) is 11.4 Å². The maximum Gasteiger partial charge on any atom is 0.198 e. The van der Waals surface area contributed by atoms with Crippen molar-refractivity contribution in [3.05, 3.63) is 54.6 Å². The van der Waals surface area contributed by atoms with E-state index in [0.29, 0.717) is 5.75 Å². The summed E-state index contributed by atoms with van der Waals surface area (Å²) in [6.45, 7) is 0. The molecule has 0 fully saturated rings. The van der Waals surface area contributed by atoms with Gasteiger partial charge in [0, 0.05) is 5.30 Å². The Morgan fingerprint density at radius 2 is 1.61 bits per heavy atom. The monoisotopic (exact) mass is 278 g/mol. The van der Waals surface area contributed by atoms with Crippen LogP contribution in [0.3, 0.4) is 0 Å². The lowest BCUT2D eigenvalue weighted by molar-refractivity contribution is 0.418. The first-order valence-electron chi connectivity index (χ1n) is 5.57. The van der Waals surface area contributed by atoms with Crippen molar-refractivity contribution in [2.45, 2.75) is 0 Å². The van der Waals surface area contributed by atoms with Crippen LogP contribution in [-0.4, -0.2) is 13.4 Å². The Kier molecular flexibility index (Phi) is 4.15. The summed E-state index contributed by atoms with van der Waals surface area (Å²) < 4.78 is 18.6. The van der Waals surface area contributed by atoms with E-state index >= 15 is 0 Å². The summed E-state index contributed by atoms with van der Waals surface area (Å²) in [6, 6.07) is 17.1. The van der Waals surface area contributed by atoms with Gasteiger partial charge in [0.1, 0.15) is 5.75 Å². The summed E-state index contributed by atoms with van der Waals surface area (Å²) in [5, 5.41) is 1.62. The van der Waals surface area contributed by atoms with Crippen LogP contribution in [0.5, 0.6) is 5.75 Å². The van der Waals surface area contributed by atoms with Gasteiger partial charge in [0.25, 0.3) is 0 Å². The molecule has 0 saturated carbocycles. The summed E-state index contributed by atoms with van der Waals surface area (Å²) in [7, 11) is 1.61. The standard InChI is InChI=1S/C14H15O2PS/c1-16-13-10-6-7-11-14(13)17(15,18-2)12-8-4-3-5-9-12/h3-11H,1-2H3/t17-/m0/s1. The zero-order valence-corrected chi connectivity index (χ0v) is 12.1. The Bertz CT molecular complexity index is 569. The topological polar surface area (TPSA) is 26.3 Å². The normalized spacial score (nSPS) is 13.9. The van der Waals surface area contributed by atoms with Crippen LogP contribution in [0.2, 0.25) is 0 Å². The minimum Gasteiger partial charge on any atom is -0.496 e. The zero-order valence-electron chi connectivity index (χ0n) is 10.4. The lowest BCUT2D eigenvalue weighted by Gasteiger charge is -2.18. The van der Waals surface area contributed by atoms with Gasteiger partial charge in [-0.25, -0.2) is 0 Å². The van der Waals surface area contributed by atoms with E-state index in [1.54, 1.807) is 7.11 Å². The highest BCUT2D eigenvalue weighted by molar-refractivity contribution is 8.62. The first-order valence-corrected chi connectivity index (χ1v) is 9.11. The van der Waals surface area contributed by atoms with E-state index in [9.17, 15) is 4.57 Å². The second kappa shape index (κ2) is 5.64. The van der Waals surface area contributed by atoms with E-state index < -0.39 is 6.34 Å². The predicted octanol–water partition coefficient (Wildman–Crippen LogP) is 3.29. The number of para-hydroxylation sites is 1. The molecule has 0 radical (unpaired) electrons. The van der Waals surface area contributed by atoms with Crippen molar-refractivity contribution in [3.8, 4) is 5.75 Å². The number of hydrogen-bond donors (Lipinski definition) is 0. The van der Waals surface area contributed by atoms with Gasteiger partial charge in [-0.05, 0) is 18.4 Å². The van der Waals surface area contributed by atoms with Crippen LogP contribution in [0.15, 0.2) is 54.6 Å². The minimum absolute atomic E-state index is 0.680. The molecule has 94 valence electrons. The Morgan fingerprint density at radius 1 is 1.00 bits per heavy atom. The summed E-state index contributed by atoms with van der Waals surface area (Å²) in [4.78, 5) is 0. The molecule has 0 aliphatic carbocycles. The molecule has 4 heteroatoms. The number of benzene rings is 2. The maximum atomic E-state index is 13.2. The van der Waals surface area contributed by atoms with Gasteiger partial charge in [-0.1, -0.05) is 53.8 Å². The number of methoxy groups -OCH3 is 1. The van der Waals surface area contributed by atoms with Crippen LogP contribution >= 0.6 is 17.7 Å². The molecule has 2 nitrogen and oxygen atoms in total. The van der Waals surface area contributed by atoms with Crippen molar-refractivity contribution in [1.82, 2.24) is 0 Å². The van der Waals surface area contributed by atoms with Gasteiger partial charge >= 0.3 is 0 Å². The van der Waals surface area contributed by atoms with Gasteiger partial charge in [-0.3, -0.25) is 0 Å². The molecule has 0 bridgehead atoms. The molecular weight excluding hydrogens is 263 g/mol. The Morgan fingerprint density at radius 3 is 2.22 bits per heavy atom. The Labute approximate surface area is 111 Å². The third-order valence-electron chi connectivity index (χ3n) is 2.76. The lowest BCUT2D eigenvalue weighted by atomic mass is 10.3. The molecule has 0 aliphatic heterocycles. The van der Waals surface area contributed by atoms with Gasteiger partial charge in [0.15, 0.2) is 6.34 Å². The maximum absolute atomic E-state index is 13.2. The highest BCUT2D eigenvalue weighted by Crippen LogP contribution is 2.56. The minimum atomic E-state index is -2.67. The van der Waals surface area contributed by atoms with Gasteiger partial charge in [0.05, 0.1) is 12.4 Å². The van der Waals surface area contributed by atoms with Crippen LogP contribution in [0.4, 0.5) is 0 Å². The second-order valence-corrected chi connectivity index (χ2v) is 8.85. The SMILES string of the molecule is COc1ccccc1[P@@](=O)(SC)c1ccccc1. The Balaban J connectivity index is 2.61. The smallest absolute Gasteiger partial charge is 0.198 e. The van der Waals surface area contributed by atoms with Gasteiger partial charge in [-0.2, -0.15) is 0 Å². The van der Waals surface area contributed by atoms with E-state index in [2.05, 4.69) is 0 Å². The van der Waals surface area contributed by atoms with Crippen LogP contribution in [-0.2, 0) is 4.57 Å². The molecule has 2 rings (SSSR count). The predicted molar refractivity (Wildman–Crippen MR) is 79.8 cm³/mol. The largest absolute Gasteiger partial charge is 0.496 e. The van der Waals surface area contributed by atoms with Crippen molar-refractivity contribution < 1.29 is 9.30 Å². The van der Waals surface area contributed by atoms with Crippen molar-refractivity contribution in [2.24, 2.45) is 0 Å². The summed E-state index contributed by atoms with van der Waals surface area (Å²) >= 11 is 1.38. The molecule has 18 heavy (non-hydrogen) atoms. The fourth-order valence-electron chi connectivity index (χ4n) is 1.84. The third-order valence-corrected chi connectivity index (χ3v) is 8.02. The molecule has 0 spiro atoms. The van der Waals surface area contributed by atoms with E-state index in [4.69, 9.17) is 4.74 Å². The molecule has 0 unspecified atom stereocenters. The van der Waals surface area contributed by atoms with Crippen LogP contribution in [0.25, 0.3) is 0 Å².